The molecule has 1 aliphatic rings. The van der Waals surface area contributed by atoms with Crippen LogP contribution in [0.2, 0.25) is 18.1 Å². The van der Waals surface area contributed by atoms with Gasteiger partial charge in [0.1, 0.15) is 6.10 Å². The van der Waals surface area contributed by atoms with Crippen LogP contribution in [-0.4, -0.2) is 32.3 Å². The average molecular weight is 411 g/mol. The SMILES string of the molecule is CC[C@H]1OC(=O)[C@H](C)[C@@H](O[Si](C)(C)C(C)(C)C)[C@@H](C)C[C@@H](C)C(=O)/C=C/[C@H]1C. The minimum absolute atomic E-state index is 0.00825. The first-order chi connectivity index (χ1) is 12.7. The lowest BCUT2D eigenvalue weighted by Gasteiger charge is -2.43. The first-order valence-electron chi connectivity index (χ1n) is 10.8. The Labute approximate surface area is 173 Å². The van der Waals surface area contributed by atoms with Crippen LogP contribution in [0.5, 0.6) is 0 Å². The molecule has 0 fully saturated rings. The molecule has 1 heterocycles. The predicted octanol–water partition coefficient (Wildman–Crippen LogP) is 5.77. The standard InChI is InChI=1S/C23H42O4Si/c1-11-20-15(2)12-13-19(24)16(3)14-17(4)21(18(5)22(25)26-20)27-28(9,10)23(6,7)8/h12-13,15-18,20-21H,11,14H2,1-10H3/b13-12+/t15-,16-,17+,18-,20-,21+/m1/s1. The number of carbonyl (C=O) groups is 2. The van der Waals surface area contributed by atoms with Gasteiger partial charge in [0.2, 0.25) is 0 Å². The van der Waals surface area contributed by atoms with E-state index in [-0.39, 0.29) is 52.7 Å². The third-order valence-corrected chi connectivity index (χ3v) is 11.2. The van der Waals surface area contributed by atoms with E-state index >= 15 is 0 Å². The molecular formula is C23H42O4Si. The normalized spacial score (nSPS) is 34.9. The van der Waals surface area contributed by atoms with Gasteiger partial charge in [0.15, 0.2) is 14.1 Å². The second kappa shape index (κ2) is 9.71. The van der Waals surface area contributed by atoms with Crippen molar-refractivity contribution in [2.75, 3.05) is 0 Å². The summed E-state index contributed by atoms with van der Waals surface area (Å²) in [4.78, 5) is 25.6. The number of carbonyl (C=O) groups excluding carboxylic acids is 2. The van der Waals surface area contributed by atoms with Gasteiger partial charge in [-0.1, -0.05) is 54.5 Å². The second-order valence-electron chi connectivity index (χ2n) is 10.2. The lowest BCUT2D eigenvalue weighted by atomic mass is 9.84. The molecule has 162 valence electrons. The van der Waals surface area contributed by atoms with Crippen molar-refractivity contribution in [2.24, 2.45) is 23.7 Å². The summed E-state index contributed by atoms with van der Waals surface area (Å²) in [6, 6.07) is 0. The maximum atomic E-state index is 13.0. The molecule has 0 aromatic rings. The van der Waals surface area contributed by atoms with Crippen molar-refractivity contribution in [1.29, 1.82) is 0 Å². The van der Waals surface area contributed by atoms with Crippen LogP contribution in [0.4, 0.5) is 0 Å². The highest BCUT2D eigenvalue weighted by Gasteiger charge is 2.43. The summed E-state index contributed by atoms with van der Waals surface area (Å²) in [7, 11) is -2.08. The van der Waals surface area contributed by atoms with E-state index in [1.165, 1.54) is 0 Å². The third-order valence-electron chi connectivity index (χ3n) is 6.69. The van der Waals surface area contributed by atoms with Crippen LogP contribution in [0, 0.1) is 23.7 Å². The summed E-state index contributed by atoms with van der Waals surface area (Å²) in [5, 5.41) is 0.0463. The molecule has 0 spiro atoms. The zero-order valence-corrected chi connectivity index (χ0v) is 20.7. The fourth-order valence-electron chi connectivity index (χ4n) is 3.52. The van der Waals surface area contributed by atoms with Crippen LogP contribution < -0.4 is 0 Å². The Bertz CT molecular complexity index is 576. The lowest BCUT2D eigenvalue weighted by molar-refractivity contribution is -0.160. The largest absolute Gasteiger partial charge is 0.461 e. The van der Waals surface area contributed by atoms with Gasteiger partial charge in [-0.25, -0.2) is 0 Å². The summed E-state index contributed by atoms with van der Waals surface area (Å²) in [6.45, 7) is 21.0. The van der Waals surface area contributed by atoms with E-state index in [2.05, 4.69) is 40.8 Å². The number of ether oxygens (including phenoxy) is 1. The fourth-order valence-corrected chi connectivity index (χ4v) is 4.99. The molecule has 0 saturated carbocycles. The summed E-state index contributed by atoms with van der Waals surface area (Å²) in [6.07, 6.45) is 4.51. The molecular weight excluding hydrogens is 368 g/mol. The number of ketones is 1. The van der Waals surface area contributed by atoms with Crippen molar-refractivity contribution in [3.63, 3.8) is 0 Å². The summed E-state index contributed by atoms with van der Waals surface area (Å²) in [5.41, 5.74) is 0. The number of esters is 1. The van der Waals surface area contributed by atoms with Crippen molar-refractivity contribution >= 4 is 20.1 Å². The zero-order chi connectivity index (χ0) is 21.9. The van der Waals surface area contributed by atoms with Crippen LogP contribution in [-0.2, 0) is 18.8 Å². The van der Waals surface area contributed by atoms with Crippen LogP contribution in [0.15, 0.2) is 12.2 Å². The Morgan fingerprint density at radius 2 is 1.71 bits per heavy atom. The molecule has 28 heavy (non-hydrogen) atoms. The zero-order valence-electron chi connectivity index (χ0n) is 19.7. The molecule has 0 N–H and O–H groups in total. The van der Waals surface area contributed by atoms with Gasteiger partial charge in [-0.2, -0.15) is 0 Å². The van der Waals surface area contributed by atoms with Gasteiger partial charge in [-0.15, -0.1) is 0 Å². The Balaban J connectivity index is 3.28. The Morgan fingerprint density at radius 1 is 1.14 bits per heavy atom. The molecule has 0 unspecified atom stereocenters. The number of hydrogen-bond donors (Lipinski definition) is 0. The van der Waals surface area contributed by atoms with Crippen LogP contribution in [0.1, 0.15) is 68.2 Å². The van der Waals surface area contributed by atoms with E-state index in [9.17, 15) is 9.59 Å². The van der Waals surface area contributed by atoms with E-state index in [0.717, 1.165) is 6.42 Å². The first-order valence-corrected chi connectivity index (χ1v) is 13.7. The molecule has 5 heteroatoms. The van der Waals surface area contributed by atoms with Gasteiger partial charge in [0, 0.05) is 11.8 Å². The van der Waals surface area contributed by atoms with Crippen molar-refractivity contribution in [3.8, 4) is 0 Å². The van der Waals surface area contributed by atoms with Crippen LogP contribution in [0.25, 0.3) is 0 Å². The van der Waals surface area contributed by atoms with Gasteiger partial charge in [0.25, 0.3) is 0 Å². The molecule has 4 nitrogen and oxygen atoms in total. The molecule has 1 aliphatic heterocycles. The number of rotatable bonds is 3. The number of cyclic esters (lactones) is 1. The summed E-state index contributed by atoms with van der Waals surface area (Å²) in [5.74, 6) is -0.418. The van der Waals surface area contributed by atoms with Crippen LogP contribution in [0.3, 0.4) is 0 Å². The minimum atomic E-state index is -2.08. The highest BCUT2D eigenvalue weighted by atomic mass is 28.4. The second-order valence-corrected chi connectivity index (χ2v) is 15.0. The first kappa shape index (κ1) is 25.1. The van der Waals surface area contributed by atoms with E-state index in [0.29, 0.717) is 6.42 Å². The van der Waals surface area contributed by atoms with Crippen molar-refractivity contribution in [1.82, 2.24) is 0 Å². The molecule has 0 aromatic carbocycles. The van der Waals surface area contributed by atoms with Gasteiger partial charge >= 0.3 is 5.97 Å². The third kappa shape index (κ3) is 6.28. The monoisotopic (exact) mass is 410 g/mol. The molecule has 0 bridgehead atoms. The van der Waals surface area contributed by atoms with Crippen molar-refractivity contribution in [2.45, 2.75) is 98.6 Å². The molecule has 1 rings (SSSR count). The fraction of sp³-hybridized carbons (Fsp3) is 0.826. The van der Waals surface area contributed by atoms with Gasteiger partial charge in [-0.3, -0.25) is 9.59 Å². The lowest BCUT2D eigenvalue weighted by Crippen LogP contribution is -2.49. The van der Waals surface area contributed by atoms with Gasteiger partial charge in [-0.05, 0) is 49.9 Å². The molecule has 0 aromatic heterocycles. The molecule has 0 saturated heterocycles. The highest BCUT2D eigenvalue weighted by Crippen LogP contribution is 2.40. The number of hydrogen-bond acceptors (Lipinski definition) is 4. The predicted molar refractivity (Wildman–Crippen MR) is 118 cm³/mol. The smallest absolute Gasteiger partial charge is 0.311 e. The van der Waals surface area contributed by atoms with Crippen LogP contribution >= 0.6 is 0 Å². The summed E-state index contributed by atoms with van der Waals surface area (Å²) < 4.78 is 12.6. The number of allylic oxidation sites excluding steroid dienone is 1. The van der Waals surface area contributed by atoms with E-state index < -0.39 is 8.32 Å². The molecule has 6 atom stereocenters. The van der Waals surface area contributed by atoms with Crippen molar-refractivity contribution < 1.29 is 18.8 Å². The maximum absolute atomic E-state index is 13.0. The average Bonchev–Trinajstić information content (AvgIpc) is 2.58. The summed E-state index contributed by atoms with van der Waals surface area (Å²) >= 11 is 0. The van der Waals surface area contributed by atoms with E-state index in [1.54, 1.807) is 6.08 Å². The Morgan fingerprint density at radius 3 is 2.21 bits per heavy atom. The maximum Gasteiger partial charge on any atom is 0.311 e. The highest BCUT2D eigenvalue weighted by molar-refractivity contribution is 6.74. The minimum Gasteiger partial charge on any atom is -0.461 e. The quantitative estimate of drug-likeness (QED) is 0.437. The topological polar surface area (TPSA) is 52.6 Å². The van der Waals surface area contributed by atoms with Gasteiger partial charge < -0.3 is 9.16 Å². The van der Waals surface area contributed by atoms with E-state index in [1.807, 2.05) is 33.8 Å². The Hall–Kier alpha value is -0.943. The van der Waals surface area contributed by atoms with Gasteiger partial charge in [0.05, 0.1) is 12.0 Å². The molecule has 0 aliphatic carbocycles. The Kier molecular flexibility index (Phi) is 8.70. The molecule has 0 radical (unpaired) electrons. The molecule has 0 amide bonds. The van der Waals surface area contributed by atoms with Crippen molar-refractivity contribution in [3.05, 3.63) is 12.2 Å². The van der Waals surface area contributed by atoms with E-state index in [4.69, 9.17) is 9.16 Å².